The van der Waals surface area contributed by atoms with Crippen LogP contribution in [0.5, 0.6) is 0 Å². The summed E-state index contributed by atoms with van der Waals surface area (Å²) in [6, 6.07) is 20.3. The molecule has 0 fully saturated rings. The monoisotopic (exact) mass is 275 g/mol. The zero-order valence-electron chi connectivity index (χ0n) is 12.2. The van der Waals surface area contributed by atoms with Crippen molar-refractivity contribution in [2.45, 2.75) is 13.8 Å². The molecule has 3 nitrogen and oxygen atoms in total. The molecule has 3 aromatic rings. The molecular formula is C18H17N3. The third-order valence-electron chi connectivity index (χ3n) is 3.15. The second kappa shape index (κ2) is 5.75. The highest BCUT2D eigenvalue weighted by molar-refractivity contribution is 5.66. The van der Waals surface area contributed by atoms with Crippen LogP contribution in [0.25, 0.3) is 29.0 Å². The van der Waals surface area contributed by atoms with Crippen molar-refractivity contribution in [2.24, 2.45) is 0 Å². The Morgan fingerprint density at radius 2 is 1.19 bits per heavy atom. The second-order valence-corrected chi connectivity index (χ2v) is 5.16. The van der Waals surface area contributed by atoms with Crippen LogP contribution in [0.1, 0.15) is 13.8 Å². The number of hydrogen-bond acceptors (Lipinski definition) is 2. The Morgan fingerprint density at radius 1 is 0.762 bits per heavy atom. The van der Waals surface area contributed by atoms with E-state index in [1.807, 2.05) is 60.7 Å². The highest BCUT2D eigenvalue weighted by atomic mass is 15.3. The van der Waals surface area contributed by atoms with Gasteiger partial charge in [-0.2, -0.15) is 0 Å². The Morgan fingerprint density at radius 3 is 1.57 bits per heavy atom. The molecule has 0 unspecified atom stereocenters. The fourth-order valence-electron chi connectivity index (χ4n) is 2.24. The lowest BCUT2D eigenvalue weighted by Gasteiger charge is -2.06. The summed E-state index contributed by atoms with van der Waals surface area (Å²) in [5.41, 5.74) is 3.32. The number of hydrogen-bond donors (Lipinski definition) is 0. The van der Waals surface area contributed by atoms with E-state index in [4.69, 9.17) is 0 Å². The molecule has 0 N–H and O–H groups in total. The van der Waals surface area contributed by atoms with Gasteiger partial charge in [0.05, 0.1) is 0 Å². The Labute approximate surface area is 124 Å². The topological polar surface area (TPSA) is 30.7 Å². The molecule has 2 aromatic carbocycles. The molecule has 0 aliphatic heterocycles. The standard InChI is InChI=1S/C18H17N3/c1-14(2)13-21-17(15-9-5-3-6-10-15)19-20-18(21)16-11-7-4-8-12-16/h3-13H,1-2H3. The Bertz CT molecular complexity index is 695. The van der Waals surface area contributed by atoms with E-state index >= 15 is 0 Å². The van der Waals surface area contributed by atoms with E-state index in [-0.39, 0.29) is 0 Å². The summed E-state index contributed by atoms with van der Waals surface area (Å²) in [5, 5.41) is 8.77. The summed E-state index contributed by atoms with van der Waals surface area (Å²) in [6.07, 6.45) is 2.07. The molecule has 0 saturated heterocycles. The minimum absolute atomic E-state index is 0.857. The van der Waals surface area contributed by atoms with E-state index in [0.29, 0.717) is 0 Å². The molecular weight excluding hydrogens is 258 g/mol. The van der Waals surface area contributed by atoms with Gasteiger partial charge in [-0.1, -0.05) is 66.2 Å². The van der Waals surface area contributed by atoms with Gasteiger partial charge in [-0.25, -0.2) is 0 Å². The van der Waals surface area contributed by atoms with Crippen LogP contribution in [0.2, 0.25) is 0 Å². The number of nitrogens with zero attached hydrogens (tertiary/aromatic N) is 3. The van der Waals surface area contributed by atoms with Gasteiger partial charge in [0, 0.05) is 17.3 Å². The van der Waals surface area contributed by atoms with Gasteiger partial charge in [0.1, 0.15) is 0 Å². The third kappa shape index (κ3) is 2.77. The van der Waals surface area contributed by atoms with Crippen molar-refractivity contribution < 1.29 is 0 Å². The molecule has 0 aliphatic rings. The molecule has 1 heterocycles. The Kier molecular flexibility index (Phi) is 3.65. The number of rotatable bonds is 3. The van der Waals surface area contributed by atoms with Gasteiger partial charge in [-0.15, -0.1) is 10.2 Å². The maximum Gasteiger partial charge on any atom is 0.168 e. The molecule has 104 valence electrons. The van der Waals surface area contributed by atoms with Gasteiger partial charge in [0.2, 0.25) is 0 Å². The molecule has 0 aliphatic carbocycles. The second-order valence-electron chi connectivity index (χ2n) is 5.16. The zero-order chi connectivity index (χ0) is 14.7. The van der Waals surface area contributed by atoms with Crippen LogP contribution >= 0.6 is 0 Å². The van der Waals surface area contributed by atoms with E-state index in [1.54, 1.807) is 0 Å². The maximum absolute atomic E-state index is 4.38. The van der Waals surface area contributed by atoms with Gasteiger partial charge in [0.25, 0.3) is 0 Å². The summed E-state index contributed by atoms with van der Waals surface area (Å²) in [5.74, 6) is 1.71. The summed E-state index contributed by atoms with van der Waals surface area (Å²) >= 11 is 0. The molecule has 21 heavy (non-hydrogen) atoms. The van der Waals surface area contributed by atoms with Crippen molar-refractivity contribution in [2.75, 3.05) is 0 Å². The van der Waals surface area contributed by atoms with E-state index in [1.165, 1.54) is 5.57 Å². The summed E-state index contributed by atoms with van der Waals surface area (Å²) < 4.78 is 2.06. The molecule has 0 saturated carbocycles. The van der Waals surface area contributed by atoms with Gasteiger partial charge in [-0.3, -0.25) is 4.57 Å². The van der Waals surface area contributed by atoms with Crippen LogP contribution in [0.15, 0.2) is 66.2 Å². The predicted molar refractivity (Wildman–Crippen MR) is 86.5 cm³/mol. The van der Waals surface area contributed by atoms with E-state index < -0.39 is 0 Å². The van der Waals surface area contributed by atoms with Crippen LogP contribution < -0.4 is 0 Å². The number of allylic oxidation sites excluding steroid dienone is 1. The summed E-state index contributed by atoms with van der Waals surface area (Å²) in [7, 11) is 0. The first-order valence-electron chi connectivity index (χ1n) is 6.96. The van der Waals surface area contributed by atoms with E-state index in [9.17, 15) is 0 Å². The van der Waals surface area contributed by atoms with Gasteiger partial charge in [0.15, 0.2) is 11.6 Å². The fourth-order valence-corrected chi connectivity index (χ4v) is 2.24. The van der Waals surface area contributed by atoms with Crippen LogP contribution in [0, 0.1) is 0 Å². The first-order chi connectivity index (χ1) is 10.3. The Hall–Kier alpha value is -2.68. The first-order valence-corrected chi connectivity index (χ1v) is 6.96. The lowest BCUT2D eigenvalue weighted by molar-refractivity contribution is 1.10. The SMILES string of the molecule is CC(C)=Cn1c(-c2ccccc2)nnc1-c1ccccc1. The largest absolute Gasteiger partial charge is 0.282 e. The zero-order valence-corrected chi connectivity index (χ0v) is 12.2. The molecule has 0 atom stereocenters. The van der Waals surface area contributed by atoms with Crippen LogP contribution in [0.3, 0.4) is 0 Å². The molecule has 0 amide bonds. The maximum atomic E-state index is 4.38. The first kappa shape index (κ1) is 13.3. The molecule has 3 rings (SSSR count). The number of benzene rings is 2. The lowest BCUT2D eigenvalue weighted by Crippen LogP contribution is -1.95. The minimum atomic E-state index is 0.857. The molecule has 0 radical (unpaired) electrons. The van der Waals surface area contributed by atoms with E-state index in [2.05, 4.69) is 34.8 Å². The van der Waals surface area contributed by atoms with Crippen molar-refractivity contribution >= 4 is 6.20 Å². The lowest BCUT2D eigenvalue weighted by atomic mass is 10.2. The van der Waals surface area contributed by atoms with Crippen molar-refractivity contribution in [3.63, 3.8) is 0 Å². The van der Waals surface area contributed by atoms with Crippen molar-refractivity contribution in [1.82, 2.24) is 14.8 Å². The van der Waals surface area contributed by atoms with Crippen molar-refractivity contribution in [3.05, 3.63) is 66.2 Å². The molecule has 0 spiro atoms. The number of aromatic nitrogens is 3. The average molecular weight is 275 g/mol. The average Bonchev–Trinajstić information content (AvgIpc) is 2.92. The van der Waals surface area contributed by atoms with Gasteiger partial charge < -0.3 is 0 Å². The van der Waals surface area contributed by atoms with Crippen LogP contribution in [-0.2, 0) is 0 Å². The van der Waals surface area contributed by atoms with Gasteiger partial charge in [-0.05, 0) is 13.8 Å². The molecule has 1 aromatic heterocycles. The minimum Gasteiger partial charge on any atom is -0.282 e. The van der Waals surface area contributed by atoms with Crippen LogP contribution in [-0.4, -0.2) is 14.8 Å². The summed E-state index contributed by atoms with van der Waals surface area (Å²) in [6.45, 7) is 4.15. The fraction of sp³-hybridized carbons (Fsp3) is 0.111. The van der Waals surface area contributed by atoms with Gasteiger partial charge >= 0.3 is 0 Å². The van der Waals surface area contributed by atoms with Crippen molar-refractivity contribution in [1.29, 1.82) is 0 Å². The molecule has 0 bridgehead atoms. The molecule has 3 heteroatoms. The predicted octanol–water partition coefficient (Wildman–Crippen LogP) is 4.49. The smallest absolute Gasteiger partial charge is 0.168 e. The summed E-state index contributed by atoms with van der Waals surface area (Å²) in [4.78, 5) is 0. The third-order valence-corrected chi connectivity index (χ3v) is 3.15. The van der Waals surface area contributed by atoms with Crippen LogP contribution in [0.4, 0.5) is 0 Å². The van der Waals surface area contributed by atoms with E-state index in [0.717, 1.165) is 22.8 Å². The van der Waals surface area contributed by atoms with Crippen molar-refractivity contribution in [3.8, 4) is 22.8 Å². The Balaban J connectivity index is 2.20. The normalized spacial score (nSPS) is 10.4. The highest BCUT2D eigenvalue weighted by Crippen LogP contribution is 2.25. The quantitative estimate of drug-likeness (QED) is 0.705. The highest BCUT2D eigenvalue weighted by Gasteiger charge is 2.13.